The fraction of sp³-hybridized carbons (Fsp3) is 0.300. The van der Waals surface area contributed by atoms with Crippen molar-refractivity contribution in [3.63, 3.8) is 0 Å². The number of nitrogens with one attached hydrogen (secondary N) is 1. The zero-order chi connectivity index (χ0) is 18.4. The van der Waals surface area contributed by atoms with E-state index in [9.17, 15) is 9.59 Å². The first-order valence-corrected chi connectivity index (χ1v) is 9.19. The van der Waals surface area contributed by atoms with E-state index in [1.807, 2.05) is 29.2 Å². The maximum atomic E-state index is 12.9. The number of carbonyl (C=O) groups is 2. The molecular formula is C20H19N5O2. The number of carbonyl (C=O) groups excluding carboxylic acids is 2. The summed E-state index contributed by atoms with van der Waals surface area (Å²) in [5, 5.41) is 7.02. The molecule has 7 heteroatoms. The van der Waals surface area contributed by atoms with Crippen molar-refractivity contribution in [2.45, 2.75) is 25.2 Å². The molecule has 2 aliphatic rings. The van der Waals surface area contributed by atoms with Gasteiger partial charge in [-0.1, -0.05) is 0 Å². The predicted molar refractivity (Wildman–Crippen MR) is 99.6 cm³/mol. The number of amides is 2. The van der Waals surface area contributed by atoms with Crippen molar-refractivity contribution in [1.29, 1.82) is 0 Å². The highest BCUT2D eigenvalue weighted by Crippen LogP contribution is 2.35. The van der Waals surface area contributed by atoms with Gasteiger partial charge < -0.3 is 10.2 Å². The summed E-state index contributed by atoms with van der Waals surface area (Å²) in [6, 6.07) is 7.70. The lowest BCUT2D eigenvalue weighted by atomic mass is 9.86. The molecule has 0 unspecified atom stereocenters. The minimum absolute atomic E-state index is 0.00609. The number of hydrogen-bond donors (Lipinski definition) is 1. The second kappa shape index (κ2) is 6.19. The van der Waals surface area contributed by atoms with Crippen LogP contribution in [0.2, 0.25) is 0 Å². The maximum Gasteiger partial charge on any atom is 0.255 e. The Morgan fingerprint density at radius 3 is 2.81 bits per heavy atom. The van der Waals surface area contributed by atoms with Crippen LogP contribution >= 0.6 is 0 Å². The zero-order valence-corrected chi connectivity index (χ0v) is 14.8. The normalized spacial score (nSPS) is 17.2. The van der Waals surface area contributed by atoms with Gasteiger partial charge in [-0.05, 0) is 48.6 Å². The van der Waals surface area contributed by atoms with Crippen LogP contribution in [0.5, 0.6) is 0 Å². The van der Waals surface area contributed by atoms with E-state index in [-0.39, 0.29) is 11.8 Å². The molecule has 1 fully saturated rings. The predicted octanol–water partition coefficient (Wildman–Crippen LogP) is 2.24. The largest absolute Gasteiger partial charge is 0.339 e. The van der Waals surface area contributed by atoms with Crippen molar-refractivity contribution in [2.24, 2.45) is 0 Å². The molecule has 2 aliphatic heterocycles. The van der Waals surface area contributed by atoms with Crippen LogP contribution in [0.4, 0.5) is 5.82 Å². The molecule has 5 rings (SSSR count). The number of likely N-dealkylation sites (tertiary alicyclic amines) is 1. The Morgan fingerprint density at radius 2 is 1.96 bits per heavy atom. The Balaban J connectivity index is 1.31. The summed E-state index contributed by atoms with van der Waals surface area (Å²) in [6.45, 7) is 1.41. The summed E-state index contributed by atoms with van der Waals surface area (Å²) in [4.78, 5) is 30.7. The summed E-state index contributed by atoms with van der Waals surface area (Å²) in [6.07, 6.45) is 7.46. The molecule has 0 bridgehead atoms. The minimum Gasteiger partial charge on any atom is -0.339 e. The topological polar surface area (TPSA) is 79.6 Å². The SMILES string of the molecule is O=C1Cc2c(C3CCN(C(=O)c4ccc5ccnn5c4)CC3)ccnc2N1. The van der Waals surface area contributed by atoms with Crippen molar-refractivity contribution < 1.29 is 9.59 Å². The minimum atomic E-state index is 0.00609. The quantitative estimate of drug-likeness (QED) is 0.759. The monoisotopic (exact) mass is 361 g/mol. The van der Waals surface area contributed by atoms with Gasteiger partial charge in [-0.3, -0.25) is 9.59 Å². The zero-order valence-electron chi connectivity index (χ0n) is 14.8. The molecule has 136 valence electrons. The second-order valence-electron chi connectivity index (χ2n) is 7.14. The highest BCUT2D eigenvalue weighted by atomic mass is 16.2. The number of nitrogens with zero attached hydrogens (tertiary/aromatic N) is 4. The number of anilines is 1. The first-order valence-electron chi connectivity index (χ1n) is 9.19. The Hall–Kier alpha value is -3.22. The van der Waals surface area contributed by atoms with E-state index >= 15 is 0 Å². The van der Waals surface area contributed by atoms with Crippen molar-refractivity contribution >= 4 is 23.1 Å². The van der Waals surface area contributed by atoms with Crippen LogP contribution in [-0.2, 0) is 11.2 Å². The number of aromatic nitrogens is 3. The molecule has 0 aliphatic carbocycles. The van der Waals surface area contributed by atoms with Gasteiger partial charge in [-0.25, -0.2) is 9.50 Å². The molecule has 0 radical (unpaired) electrons. The number of pyridine rings is 2. The molecule has 0 spiro atoms. The molecule has 3 aromatic heterocycles. The van der Waals surface area contributed by atoms with E-state index < -0.39 is 0 Å². The molecule has 3 aromatic rings. The summed E-state index contributed by atoms with van der Waals surface area (Å²) in [5.41, 5.74) is 3.85. The van der Waals surface area contributed by atoms with Gasteiger partial charge in [0, 0.05) is 37.2 Å². The van der Waals surface area contributed by atoms with Crippen LogP contribution in [0.25, 0.3) is 5.52 Å². The van der Waals surface area contributed by atoms with Gasteiger partial charge in [-0.15, -0.1) is 0 Å². The fourth-order valence-corrected chi connectivity index (χ4v) is 4.14. The van der Waals surface area contributed by atoms with Crippen LogP contribution in [0.1, 0.15) is 40.2 Å². The van der Waals surface area contributed by atoms with Gasteiger partial charge in [-0.2, -0.15) is 5.10 Å². The third-order valence-corrected chi connectivity index (χ3v) is 5.55. The molecule has 27 heavy (non-hydrogen) atoms. The molecule has 7 nitrogen and oxygen atoms in total. The van der Waals surface area contributed by atoms with Crippen molar-refractivity contribution in [3.05, 3.63) is 59.5 Å². The van der Waals surface area contributed by atoms with Gasteiger partial charge in [0.15, 0.2) is 0 Å². The van der Waals surface area contributed by atoms with Gasteiger partial charge in [0.1, 0.15) is 5.82 Å². The molecule has 1 N–H and O–H groups in total. The fourth-order valence-electron chi connectivity index (χ4n) is 4.14. The van der Waals surface area contributed by atoms with Crippen LogP contribution < -0.4 is 5.32 Å². The van der Waals surface area contributed by atoms with Crippen LogP contribution in [0, 0.1) is 0 Å². The lowest BCUT2D eigenvalue weighted by Crippen LogP contribution is -2.38. The first-order chi connectivity index (χ1) is 13.2. The van der Waals surface area contributed by atoms with Gasteiger partial charge in [0.25, 0.3) is 5.91 Å². The number of piperidine rings is 1. The van der Waals surface area contributed by atoms with E-state index in [1.165, 1.54) is 5.56 Å². The first kappa shape index (κ1) is 16.0. The molecule has 5 heterocycles. The molecular weight excluding hydrogens is 342 g/mol. The Bertz CT molecular complexity index is 1050. The standard InChI is InChI=1S/C20H19N5O2/c26-18-11-17-16(4-7-21-19(17)23-18)13-5-9-24(10-6-13)20(27)14-1-2-15-3-8-22-25(15)12-14/h1-4,7-8,12-13H,5-6,9-11H2,(H,21,23,26). The van der Waals surface area contributed by atoms with E-state index in [0.29, 0.717) is 36.8 Å². The Kier molecular flexibility index (Phi) is 3.67. The average molecular weight is 361 g/mol. The lowest BCUT2D eigenvalue weighted by molar-refractivity contribution is -0.115. The number of rotatable bonds is 2. The van der Waals surface area contributed by atoms with Crippen LogP contribution in [0.15, 0.2) is 42.9 Å². The molecule has 1 saturated heterocycles. The van der Waals surface area contributed by atoms with E-state index in [0.717, 1.165) is 23.9 Å². The Morgan fingerprint density at radius 1 is 1.11 bits per heavy atom. The van der Waals surface area contributed by atoms with Gasteiger partial charge in [0.2, 0.25) is 5.91 Å². The highest BCUT2D eigenvalue weighted by Gasteiger charge is 2.29. The third-order valence-electron chi connectivity index (χ3n) is 5.55. The van der Waals surface area contributed by atoms with Crippen LogP contribution in [0.3, 0.4) is 0 Å². The van der Waals surface area contributed by atoms with E-state index in [4.69, 9.17) is 0 Å². The summed E-state index contributed by atoms with van der Waals surface area (Å²) in [5.74, 6) is 1.10. The summed E-state index contributed by atoms with van der Waals surface area (Å²) < 4.78 is 1.73. The van der Waals surface area contributed by atoms with Crippen LogP contribution in [-0.4, -0.2) is 44.4 Å². The highest BCUT2D eigenvalue weighted by molar-refractivity contribution is 5.98. The third kappa shape index (κ3) is 2.75. The van der Waals surface area contributed by atoms with E-state index in [2.05, 4.69) is 15.4 Å². The molecule has 2 amide bonds. The molecule has 0 aromatic carbocycles. The van der Waals surface area contributed by atoms with E-state index in [1.54, 1.807) is 23.1 Å². The molecule has 0 atom stereocenters. The van der Waals surface area contributed by atoms with Gasteiger partial charge in [0.05, 0.1) is 17.5 Å². The number of hydrogen-bond acceptors (Lipinski definition) is 4. The average Bonchev–Trinajstić information content (AvgIpc) is 3.31. The maximum absolute atomic E-state index is 12.9. The van der Waals surface area contributed by atoms with Crippen molar-refractivity contribution in [3.8, 4) is 0 Å². The summed E-state index contributed by atoms with van der Waals surface area (Å²) in [7, 11) is 0. The van der Waals surface area contributed by atoms with Crippen molar-refractivity contribution in [1.82, 2.24) is 19.5 Å². The van der Waals surface area contributed by atoms with Gasteiger partial charge >= 0.3 is 0 Å². The molecule has 0 saturated carbocycles. The second-order valence-corrected chi connectivity index (χ2v) is 7.14. The smallest absolute Gasteiger partial charge is 0.255 e. The Labute approximate surface area is 156 Å². The summed E-state index contributed by atoms with van der Waals surface area (Å²) >= 11 is 0. The lowest BCUT2D eigenvalue weighted by Gasteiger charge is -2.33. The number of fused-ring (bicyclic) bond motifs is 2. The van der Waals surface area contributed by atoms with Crippen molar-refractivity contribution in [2.75, 3.05) is 18.4 Å².